The Morgan fingerprint density at radius 3 is 2.13 bits per heavy atom. The van der Waals surface area contributed by atoms with E-state index in [4.69, 9.17) is 10.00 Å². The Kier molecular flexibility index (Phi) is 6.35. The minimum atomic E-state index is -1.04. The fourth-order valence-corrected chi connectivity index (χ4v) is 2.53. The first-order chi connectivity index (χ1) is 14.5. The molecule has 0 spiro atoms. The van der Waals surface area contributed by atoms with Gasteiger partial charge in [0.2, 0.25) is 0 Å². The molecule has 150 valence electrons. The lowest BCUT2D eigenvalue weighted by atomic mass is 10.0. The lowest BCUT2D eigenvalue weighted by Gasteiger charge is -2.10. The van der Waals surface area contributed by atoms with Crippen LogP contribution in [-0.4, -0.2) is 18.4 Å². The van der Waals surface area contributed by atoms with Gasteiger partial charge in [-0.1, -0.05) is 24.3 Å². The van der Waals surface area contributed by atoms with Gasteiger partial charge in [-0.05, 0) is 47.5 Å². The molecule has 30 heavy (non-hydrogen) atoms. The maximum Gasteiger partial charge on any atom is 0.276 e. The van der Waals surface area contributed by atoms with Gasteiger partial charge in [0.25, 0.3) is 11.8 Å². The van der Waals surface area contributed by atoms with Crippen molar-refractivity contribution in [3.8, 4) is 22.9 Å². The summed E-state index contributed by atoms with van der Waals surface area (Å²) in [5, 5.41) is 8.84. The van der Waals surface area contributed by atoms with Gasteiger partial charge in [0.05, 0.1) is 17.2 Å². The van der Waals surface area contributed by atoms with Crippen LogP contribution in [0.5, 0.6) is 5.75 Å². The number of hydrogen-bond donors (Lipinski definition) is 2. The number of carbonyl (C=O) groups is 2. The van der Waals surface area contributed by atoms with E-state index in [0.29, 0.717) is 17.4 Å². The summed E-state index contributed by atoms with van der Waals surface area (Å²) in [6.45, 7) is -0.387. The zero-order chi connectivity index (χ0) is 21.5. The van der Waals surface area contributed by atoms with Gasteiger partial charge in [-0.15, -0.1) is 0 Å². The third-order valence-corrected chi connectivity index (χ3v) is 4.06. The second-order valence-electron chi connectivity index (χ2n) is 6.13. The fourth-order valence-electron chi connectivity index (χ4n) is 2.53. The minimum Gasteiger partial charge on any atom is -0.484 e. The van der Waals surface area contributed by atoms with Crippen LogP contribution >= 0.6 is 0 Å². The molecule has 0 radical (unpaired) electrons. The van der Waals surface area contributed by atoms with E-state index in [1.807, 2.05) is 17.6 Å². The van der Waals surface area contributed by atoms with Crippen molar-refractivity contribution in [2.75, 3.05) is 6.61 Å². The third-order valence-electron chi connectivity index (χ3n) is 4.06. The Hall–Kier alpha value is -4.25. The predicted octanol–water partition coefficient (Wildman–Crippen LogP) is 3.34. The Morgan fingerprint density at radius 2 is 1.53 bits per heavy atom. The summed E-state index contributed by atoms with van der Waals surface area (Å²) in [5.74, 6) is -3.01. The summed E-state index contributed by atoms with van der Waals surface area (Å²) in [4.78, 5) is 23.6. The Morgan fingerprint density at radius 1 is 0.900 bits per heavy atom. The lowest BCUT2D eigenvalue weighted by molar-refractivity contribution is -0.123. The summed E-state index contributed by atoms with van der Waals surface area (Å²) in [7, 11) is 0. The van der Waals surface area contributed by atoms with Crippen molar-refractivity contribution in [2.24, 2.45) is 0 Å². The molecule has 6 nitrogen and oxygen atoms in total. The van der Waals surface area contributed by atoms with E-state index in [1.54, 1.807) is 36.4 Å². The molecule has 3 aromatic rings. The molecule has 0 aliphatic rings. The van der Waals surface area contributed by atoms with Crippen molar-refractivity contribution >= 4 is 11.8 Å². The molecule has 0 unspecified atom stereocenters. The largest absolute Gasteiger partial charge is 0.484 e. The summed E-state index contributed by atoms with van der Waals surface area (Å²) in [5.41, 5.74) is 6.12. The first kappa shape index (κ1) is 20.5. The molecule has 3 aromatic carbocycles. The average molecular weight is 407 g/mol. The number of carbonyl (C=O) groups excluding carboxylic acids is 2. The van der Waals surface area contributed by atoms with Crippen molar-refractivity contribution in [3.05, 3.63) is 89.5 Å². The van der Waals surface area contributed by atoms with Crippen molar-refractivity contribution in [2.45, 2.75) is 0 Å². The molecule has 0 aromatic heterocycles. The smallest absolute Gasteiger partial charge is 0.276 e. The number of hydrogen-bond acceptors (Lipinski definition) is 4. The molecule has 8 heteroatoms. The van der Waals surface area contributed by atoms with E-state index < -0.39 is 29.0 Å². The maximum absolute atomic E-state index is 13.5. The van der Waals surface area contributed by atoms with Crippen LogP contribution in [0.4, 0.5) is 8.78 Å². The second-order valence-corrected chi connectivity index (χ2v) is 6.13. The molecular formula is C22H15F2N3O3. The Balaban J connectivity index is 1.49. The number of benzene rings is 3. The molecular weight excluding hydrogens is 392 g/mol. The minimum absolute atomic E-state index is 0.387. The average Bonchev–Trinajstić information content (AvgIpc) is 2.76. The lowest BCUT2D eigenvalue weighted by Crippen LogP contribution is -2.44. The van der Waals surface area contributed by atoms with Gasteiger partial charge < -0.3 is 4.74 Å². The van der Waals surface area contributed by atoms with Gasteiger partial charge in [-0.2, -0.15) is 5.26 Å². The van der Waals surface area contributed by atoms with Crippen molar-refractivity contribution in [1.82, 2.24) is 10.9 Å². The van der Waals surface area contributed by atoms with E-state index in [-0.39, 0.29) is 6.61 Å². The number of amides is 2. The number of nitrogens with zero attached hydrogens (tertiary/aromatic N) is 1. The SMILES string of the molecule is N#Cc1ccc(-c2ccc(OCC(=O)NNC(=O)c3ccc(F)cc3F)cc2)cc1. The van der Waals surface area contributed by atoms with Crippen molar-refractivity contribution in [3.63, 3.8) is 0 Å². The van der Waals surface area contributed by atoms with Crippen LogP contribution in [0.1, 0.15) is 15.9 Å². The number of nitriles is 1. The zero-order valence-electron chi connectivity index (χ0n) is 15.5. The first-order valence-electron chi connectivity index (χ1n) is 8.74. The van der Waals surface area contributed by atoms with Crippen LogP contribution in [-0.2, 0) is 4.79 Å². The Labute approximate surface area is 170 Å². The topological polar surface area (TPSA) is 91.2 Å². The predicted molar refractivity (Wildman–Crippen MR) is 104 cm³/mol. The van der Waals surface area contributed by atoms with Crippen LogP contribution in [0.15, 0.2) is 66.7 Å². The van der Waals surface area contributed by atoms with Crippen LogP contribution in [0, 0.1) is 23.0 Å². The van der Waals surface area contributed by atoms with E-state index in [9.17, 15) is 18.4 Å². The highest BCUT2D eigenvalue weighted by Crippen LogP contribution is 2.22. The highest BCUT2D eigenvalue weighted by molar-refractivity contribution is 5.95. The molecule has 0 saturated heterocycles. The molecule has 0 aliphatic heterocycles. The summed E-state index contributed by atoms with van der Waals surface area (Å²) < 4.78 is 31.7. The molecule has 2 N–H and O–H groups in total. The molecule has 0 fully saturated rings. The number of nitrogens with one attached hydrogen (secondary N) is 2. The molecule has 0 heterocycles. The second kappa shape index (κ2) is 9.30. The summed E-state index contributed by atoms with van der Waals surface area (Å²) in [6, 6.07) is 18.6. The number of hydrazine groups is 1. The van der Waals surface area contributed by atoms with Gasteiger partial charge in [0.15, 0.2) is 6.61 Å². The van der Waals surface area contributed by atoms with Crippen molar-refractivity contribution < 1.29 is 23.1 Å². The molecule has 0 saturated carbocycles. The first-order valence-corrected chi connectivity index (χ1v) is 8.74. The van der Waals surface area contributed by atoms with Gasteiger partial charge in [0, 0.05) is 6.07 Å². The van der Waals surface area contributed by atoms with E-state index in [1.165, 1.54) is 0 Å². The molecule has 0 bridgehead atoms. The standard InChI is InChI=1S/C22H15F2N3O3/c23-17-7-10-19(20(24)11-17)22(29)27-26-21(28)13-30-18-8-5-16(6-9-18)15-3-1-14(12-25)2-4-15/h1-11H,13H2,(H,26,28)(H,27,29). The molecule has 3 rings (SSSR count). The quantitative estimate of drug-likeness (QED) is 0.635. The van der Waals surface area contributed by atoms with Gasteiger partial charge in [0.1, 0.15) is 17.4 Å². The van der Waals surface area contributed by atoms with Crippen LogP contribution in [0.2, 0.25) is 0 Å². The van der Waals surface area contributed by atoms with Crippen LogP contribution < -0.4 is 15.6 Å². The van der Waals surface area contributed by atoms with Gasteiger partial charge in [-0.3, -0.25) is 20.4 Å². The Bertz CT molecular complexity index is 1110. The van der Waals surface area contributed by atoms with Crippen LogP contribution in [0.3, 0.4) is 0 Å². The summed E-state index contributed by atoms with van der Waals surface area (Å²) >= 11 is 0. The maximum atomic E-state index is 13.5. The number of ether oxygens (including phenoxy) is 1. The zero-order valence-corrected chi connectivity index (χ0v) is 15.5. The molecule has 0 aliphatic carbocycles. The van der Waals surface area contributed by atoms with E-state index >= 15 is 0 Å². The third kappa shape index (κ3) is 5.17. The van der Waals surface area contributed by atoms with Crippen LogP contribution in [0.25, 0.3) is 11.1 Å². The van der Waals surface area contributed by atoms with Crippen molar-refractivity contribution in [1.29, 1.82) is 5.26 Å². The monoisotopic (exact) mass is 407 g/mol. The molecule has 0 atom stereocenters. The number of rotatable bonds is 5. The molecule has 2 amide bonds. The van der Waals surface area contributed by atoms with Gasteiger partial charge >= 0.3 is 0 Å². The van der Waals surface area contributed by atoms with E-state index in [0.717, 1.165) is 23.3 Å². The highest BCUT2D eigenvalue weighted by Gasteiger charge is 2.13. The number of halogens is 2. The van der Waals surface area contributed by atoms with E-state index in [2.05, 4.69) is 11.5 Å². The highest BCUT2D eigenvalue weighted by atomic mass is 19.1. The normalized spacial score (nSPS) is 10.0. The summed E-state index contributed by atoms with van der Waals surface area (Å²) in [6.07, 6.45) is 0. The fraction of sp³-hybridized carbons (Fsp3) is 0.0455. The van der Waals surface area contributed by atoms with Gasteiger partial charge in [-0.25, -0.2) is 8.78 Å².